The van der Waals surface area contributed by atoms with E-state index in [1.807, 2.05) is 0 Å². The average Bonchev–Trinajstić information content (AvgIpc) is 2.90. The fraction of sp³-hybridized carbons (Fsp3) is 0.818. The molecule has 0 aliphatic carbocycles. The van der Waals surface area contributed by atoms with Crippen LogP contribution in [0.5, 0.6) is 0 Å². The fourth-order valence-electron chi connectivity index (χ4n) is 2.25. The quantitative estimate of drug-likeness (QED) is 0.562. The molecule has 2 fully saturated rings. The van der Waals surface area contributed by atoms with E-state index in [1.165, 1.54) is 0 Å². The minimum absolute atomic E-state index is 0.0673. The van der Waals surface area contributed by atoms with Crippen LogP contribution >= 0.6 is 0 Å². The maximum atomic E-state index is 12.1. The van der Waals surface area contributed by atoms with Gasteiger partial charge in [-0.3, -0.25) is 4.79 Å². The second-order valence-corrected chi connectivity index (χ2v) is 4.54. The zero-order valence-corrected chi connectivity index (χ0v) is 10.6. The smallest absolute Gasteiger partial charge is 0.318 e. The third kappa shape index (κ3) is 2.91. The van der Waals surface area contributed by atoms with Crippen LogP contribution in [0.25, 0.3) is 0 Å². The Kier molecular flexibility index (Phi) is 4.38. The predicted octanol–water partition coefficient (Wildman–Crippen LogP) is -1.50. The lowest BCUT2D eigenvalue weighted by Crippen LogP contribution is -2.62. The molecular formula is C11H20N4O3. The maximum Gasteiger partial charge on any atom is 0.318 e. The van der Waals surface area contributed by atoms with Crippen LogP contribution in [0.2, 0.25) is 0 Å². The molecule has 2 rings (SSSR count). The first-order chi connectivity index (χ1) is 8.72. The van der Waals surface area contributed by atoms with Crippen molar-refractivity contribution in [3.8, 4) is 0 Å². The molecule has 0 spiro atoms. The lowest BCUT2D eigenvalue weighted by molar-refractivity contribution is -0.125. The highest BCUT2D eigenvalue weighted by Crippen LogP contribution is 2.08. The summed E-state index contributed by atoms with van der Waals surface area (Å²) in [6, 6.07) is -0.551. The summed E-state index contributed by atoms with van der Waals surface area (Å²) in [4.78, 5) is 25.4. The minimum Gasteiger partial charge on any atom is -0.379 e. The summed E-state index contributed by atoms with van der Waals surface area (Å²) in [6.45, 7) is 2.99. The SMILES string of the molecule is CNC(=O)C1CNCCN1C(=O)NC1CCOC1. The molecule has 0 aromatic rings. The highest BCUT2D eigenvalue weighted by atomic mass is 16.5. The van der Waals surface area contributed by atoms with Gasteiger partial charge in [0.2, 0.25) is 5.91 Å². The van der Waals surface area contributed by atoms with Gasteiger partial charge in [0.25, 0.3) is 0 Å². The van der Waals surface area contributed by atoms with E-state index in [0.29, 0.717) is 32.8 Å². The Balaban J connectivity index is 1.94. The lowest BCUT2D eigenvalue weighted by Gasteiger charge is -2.35. The number of carbonyl (C=O) groups excluding carboxylic acids is 2. The lowest BCUT2D eigenvalue weighted by atomic mass is 10.2. The van der Waals surface area contributed by atoms with E-state index in [0.717, 1.165) is 6.42 Å². The molecule has 2 aliphatic rings. The van der Waals surface area contributed by atoms with Crippen molar-refractivity contribution in [1.82, 2.24) is 20.9 Å². The Morgan fingerprint density at radius 1 is 1.44 bits per heavy atom. The van der Waals surface area contributed by atoms with E-state index >= 15 is 0 Å². The number of piperazine rings is 1. The van der Waals surface area contributed by atoms with Crippen molar-refractivity contribution in [1.29, 1.82) is 0 Å². The molecule has 0 aromatic carbocycles. The summed E-state index contributed by atoms with van der Waals surface area (Å²) in [6.07, 6.45) is 0.836. The zero-order chi connectivity index (χ0) is 13.0. The number of ether oxygens (including phenoxy) is 1. The molecule has 0 bridgehead atoms. The number of hydrogen-bond donors (Lipinski definition) is 3. The number of urea groups is 1. The Hall–Kier alpha value is -1.34. The second-order valence-electron chi connectivity index (χ2n) is 4.54. The van der Waals surface area contributed by atoms with Gasteiger partial charge in [-0.1, -0.05) is 0 Å². The zero-order valence-electron chi connectivity index (χ0n) is 10.6. The summed E-state index contributed by atoms with van der Waals surface area (Å²) in [5.41, 5.74) is 0. The van der Waals surface area contributed by atoms with Gasteiger partial charge >= 0.3 is 6.03 Å². The van der Waals surface area contributed by atoms with Crippen LogP contribution in [-0.2, 0) is 9.53 Å². The number of likely N-dealkylation sites (N-methyl/N-ethyl adjacent to an activating group) is 1. The van der Waals surface area contributed by atoms with Crippen molar-refractivity contribution in [2.75, 3.05) is 39.9 Å². The summed E-state index contributed by atoms with van der Waals surface area (Å²) in [5.74, 6) is -0.139. The summed E-state index contributed by atoms with van der Waals surface area (Å²) in [7, 11) is 1.58. The molecule has 7 nitrogen and oxygen atoms in total. The molecular weight excluding hydrogens is 236 g/mol. The first kappa shape index (κ1) is 13.1. The predicted molar refractivity (Wildman–Crippen MR) is 65.2 cm³/mol. The number of amides is 3. The van der Waals surface area contributed by atoms with Gasteiger partial charge < -0.3 is 25.6 Å². The largest absolute Gasteiger partial charge is 0.379 e. The molecule has 102 valence electrons. The molecule has 3 N–H and O–H groups in total. The fourth-order valence-corrected chi connectivity index (χ4v) is 2.25. The molecule has 7 heteroatoms. The molecule has 0 radical (unpaired) electrons. The standard InChI is InChI=1S/C11H20N4O3/c1-12-10(16)9-6-13-3-4-15(9)11(17)14-8-2-5-18-7-8/h8-9,13H,2-7H2,1H3,(H,12,16)(H,14,17). The number of carbonyl (C=O) groups is 2. The van der Waals surface area contributed by atoms with Gasteiger partial charge in [0.1, 0.15) is 6.04 Å². The molecule has 2 unspecified atom stereocenters. The van der Waals surface area contributed by atoms with Crippen molar-refractivity contribution in [2.45, 2.75) is 18.5 Å². The second kappa shape index (κ2) is 6.01. The van der Waals surface area contributed by atoms with E-state index in [-0.39, 0.29) is 18.0 Å². The number of nitrogens with one attached hydrogen (secondary N) is 3. The maximum absolute atomic E-state index is 12.1. The third-order valence-electron chi connectivity index (χ3n) is 3.31. The molecule has 2 aliphatic heterocycles. The van der Waals surface area contributed by atoms with E-state index in [4.69, 9.17) is 4.74 Å². The molecule has 3 amide bonds. The molecule has 0 saturated carbocycles. The number of hydrogen-bond acceptors (Lipinski definition) is 4. The summed E-state index contributed by atoms with van der Waals surface area (Å²) >= 11 is 0. The summed E-state index contributed by atoms with van der Waals surface area (Å²) in [5, 5.41) is 8.62. The van der Waals surface area contributed by atoms with Crippen LogP contribution in [-0.4, -0.2) is 68.8 Å². The van der Waals surface area contributed by atoms with Gasteiger partial charge in [0.15, 0.2) is 0 Å². The highest BCUT2D eigenvalue weighted by Gasteiger charge is 2.32. The molecule has 2 saturated heterocycles. The molecule has 2 heterocycles. The van der Waals surface area contributed by atoms with Crippen molar-refractivity contribution in [3.63, 3.8) is 0 Å². The van der Waals surface area contributed by atoms with Gasteiger partial charge in [-0.25, -0.2) is 4.79 Å². The Bertz CT molecular complexity index is 317. The van der Waals surface area contributed by atoms with Gasteiger partial charge in [-0.2, -0.15) is 0 Å². The average molecular weight is 256 g/mol. The molecule has 2 atom stereocenters. The summed E-state index contributed by atoms with van der Waals surface area (Å²) < 4.78 is 5.22. The number of nitrogens with zero attached hydrogens (tertiary/aromatic N) is 1. The normalized spacial score (nSPS) is 27.9. The van der Waals surface area contributed by atoms with Crippen LogP contribution in [0, 0.1) is 0 Å². The van der Waals surface area contributed by atoms with Crippen LogP contribution in [0.3, 0.4) is 0 Å². The molecule has 18 heavy (non-hydrogen) atoms. The van der Waals surface area contributed by atoms with Crippen molar-refractivity contribution in [3.05, 3.63) is 0 Å². The highest BCUT2D eigenvalue weighted by molar-refractivity contribution is 5.87. The first-order valence-electron chi connectivity index (χ1n) is 6.29. The van der Waals surface area contributed by atoms with Crippen LogP contribution in [0.1, 0.15) is 6.42 Å². The Morgan fingerprint density at radius 2 is 2.28 bits per heavy atom. The van der Waals surface area contributed by atoms with Crippen LogP contribution in [0.4, 0.5) is 4.79 Å². The van der Waals surface area contributed by atoms with Gasteiger partial charge in [0.05, 0.1) is 12.6 Å². The van der Waals surface area contributed by atoms with E-state index in [2.05, 4.69) is 16.0 Å². The minimum atomic E-state index is -0.439. The van der Waals surface area contributed by atoms with Crippen LogP contribution < -0.4 is 16.0 Å². The monoisotopic (exact) mass is 256 g/mol. The van der Waals surface area contributed by atoms with E-state index < -0.39 is 6.04 Å². The van der Waals surface area contributed by atoms with Gasteiger partial charge in [-0.05, 0) is 6.42 Å². The van der Waals surface area contributed by atoms with Crippen LogP contribution in [0.15, 0.2) is 0 Å². The number of rotatable bonds is 2. The topological polar surface area (TPSA) is 82.7 Å². The van der Waals surface area contributed by atoms with E-state index in [1.54, 1.807) is 11.9 Å². The van der Waals surface area contributed by atoms with E-state index in [9.17, 15) is 9.59 Å². The molecule has 0 aromatic heterocycles. The third-order valence-corrected chi connectivity index (χ3v) is 3.31. The van der Waals surface area contributed by atoms with Gasteiger partial charge in [-0.15, -0.1) is 0 Å². The first-order valence-corrected chi connectivity index (χ1v) is 6.29. The van der Waals surface area contributed by atoms with Crippen molar-refractivity contribution in [2.24, 2.45) is 0 Å². The Labute approximate surface area is 106 Å². The van der Waals surface area contributed by atoms with Crippen molar-refractivity contribution < 1.29 is 14.3 Å². The van der Waals surface area contributed by atoms with Gasteiger partial charge in [0, 0.05) is 33.3 Å². The van der Waals surface area contributed by atoms with Crippen molar-refractivity contribution >= 4 is 11.9 Å². The Morgan fingerprint density at radius 3 is 2.94 bits per heavy atom.